The summed E-state index contributed by atoms with van der Waals surface area (Å²) < 4.78 is 4.99. The standard InChI is InChI=1S/C6H10O2/c1-5-3-4-6(2,7)8-5/h3-5,7H,1-2H3/t5-,6+/m1/s1. The minimum atomic E-state index is -1.01. The second kappa shape index (κ2) is 1.57. The third kappa shape index (κ3) is 1.08. The van der Waals surface area contributed by atoms with Gasteiger partial charge in [-0.2, -0.15) is 0 Å². The average Bonchev–Trinajstić information content (AvgIpc) is 1.82. The molecule has 0 bridgehead atoms. The first-order chi connectivity index (χ1) is 3.60. The Hall–Kier alpha value is -0.340. The third-order valence-electron chi connectivity index (χ3n) is 1.10. The molecule has 0 aromatic rings. The van der Waals surface area contributed by atoms with Gasteiger partial charge in [-0.3, -0.25) is 0 Å². The molecule has 8 heavy (non-hydrogen) atoms. The van der Waals surface area contributed by atoms with E-state index in [1.807, 2.05) is 13.0 Å². The molecule has 0 radical (unpaired) electrons. The lowest BCUT2D eigenvalue weighted by molar-refractivity contribution is -0.153. The van der Waals surface area contributed by atoms with Crippen molar-refractivity contribution >= 4 is 0 Å². The highest BCUT2D eigenvalue weighted by molar-refractivity contribution is 5.02. The maximum atomic E-state index is 9.06. The fourth-order valence-electron chi connectivity index (χ4n) is 0.769. The van der Waals surface area contributed by atoms with E-state index in [0.717, 1.165) is 0 Å². The Morgan fingerprint density at radius 3 is 2.50 bits per heavy atom. The number of rotatable bonds is 0. The number of hydrogen-bond donors (Lipinski definition) is 1. The van der Waals surface area contributed by atoms with Gasteiger partial charge in [0.1, 0.15) is 0 Å². The molecule has 46 valence electrons. The summed E-state index contributed by atoms with van der Waals surface area (Å²) >= 11 is 0. The summed E-state index contributed by atoms with van der Waals surface area (Å²) in [5.74, 6) is -1.01. The van der Waals surface area contributed by atoms with E-state index < -0.39 is 5.79 Å². The first kappa shape index (κ1) is 5.79. The van der Waals surface area contributed by atoms with Crippen LogP contribution in [0.25, 0.3) is 0 Å². The van der Waals surface area contributed by atoms with Gasteiger partial charge in [-0.25, -0.2) is 0 Å². The predicted molar refractivity (Wildman–Crippen MR) is 30.3 cm³/mol. The van der Waals surface area contributed by atoms with Crippen molar-refractivity contribution in [2.75, 3.05) is 0 Å². The van der Waals surface area contributed by atoms with Crippen LogP contribution >= 0.6 is 0 Å². The molecule has 1 heterocycles. The highest BCUT2D eigenvalue weighted by Crippen LogP contribution is 2.18. The number of ether oxygens (including phenoxy) is 1. The van der Waals surface area contributed by atoms with E-state index in [9.17, 15) is 0 Å². The van der Waals surface area contributed by atoms with Gasteiger partial charge in [0.25, 0.3) is 0 Å². The SMILES string of the molecule is C[C@@H]1C=C[C@@](C)(O)O1. The van der Waals surface area contributed by atoms with E-state index in [2.05, 4.69) is 0 Å². The summed E-state index contributed by atoms with van der Waals surface area (Å²) in [5, 5.41) is 9.06. The molecule has 0 saturated carbocycles. The zero-order chi connectivity index (χ0) is 6.20. The lowest BCUT2D eigenvalue weighted by Crippen LogP contribution is -2.22. The molecule has 2 nitrogen and oxygen atoms in total. The van der Waals surface area contributed by atoms with Gasteiger partial charge >= 0.3 is 0 Å². The van der Waals surface area contributed by atoms with Gasteiger partial charge in [0, 0.05) is 0 Å². The highest BCUT2D eigenvalue weighted by atomic mass is 16.6. The van der Waals surface area contributed by atoms with Crippen LogP contribution in [-0.4, -0.2) is 17.0 Å². The Bertz CT molecular complexity index is 116. The fourth-order valence-corrected chi connectivity index (χ4v) is 0.769. The largest absolute Gasteiger partial charge is 0.362 e. The predicted octanol–water partition coefficient (Wildman–Crippen LogP) is 0.670. The van der Waals surface area contributed by atoms with E-state index in [0.29, 0.717) is 0 Å². The summed E-state index contributed by atoms with van der Waals surface area (Å²) in [5.41, 5.74) is 0. The molecule has 0 aromatic carbocycles. The minimum Gasteiger partial charge on any atom is -0.362 e. The van der Waals surface area contributed by atoms with Crippen molar-refractivity contribution in [1.82, 2.24) is 0 Å². The first-order valence-electron chi connectivity index (χ1n) is 2.70. The van der Waals surface area contributed by atoms with E-state index >= 15 is 0 Å². The fraction of sp³-hybridized carbons (Fsp3) is 0.667. The molecular formula is C6H10O2. The van der Waals surface area contributed by atoms with Crippen LogP contribution in [0.2, 0.25) is 0 Å². The lowest BCUT2D eigenvalue weighted by Gasteiger charge is -2.14. The Morgan fingerprint density at radius 2 is 2.38 bits per heavy atom. The van der Waals surface area contributed by atoms with Crippen LogP contribution in [0.3, 0.4) is 0 Å². The van der Waals surface area contributed by atoms with Gasteiger partial charge in [0.2, 0.25) is 0 Å². The summed E-state index contributed by atoms with van der Waals surface area (Å²) in [4.78, 5) is 0. The van der Waals surface area contributed by atoms with Crippen LogP contribution in [0, 0.1) is 0 Å². The number of hydrogen-bond acceptors (Lipinski definition) is 2. The molecule has 0 amide bonds. The topological polar surface area (TPSA) is 29.5 Å². The second-order valence-corrected chi connectivity index (χ2v) is 2.24. The van der Waals surface area contributed by atoms with Crippen LogP contribution in [0.15, 0.2) is 12.2 Å². The zero-order valence-electron chi connectivity index (χ0n) is 5.09. The van der Waals surface area contributed by atoms with Gasteiger partial charge in [-0.1, -0.05) is 6.08 Å². The van der Waals surface area contributed by atoms with Crippen LogP contribution in [-0.2, 0) is 4.74 Å². The van der Waals surface area contributed by atoms with Crippen molar-refractivity contribution in [2.24, 2.45) is 0 Å². The Morgan fingerprint density at radius 1 is 1.75 bits per heavy atom. The van der Waals surface area contributed by atoms with E-state index in [1.54, 1.807) is 13.0 Å². The first-order valence-corrected chi connectivity index (χ1v) is 2.70. The molecule has 0 spiro atoms. The summed E-state index contributed by atoms with van der Waals surface area (Å²) in [7, 11) is 0. The second-order valence-electron chi connectivity index (χ2n) is 2.24. The molecule has 2 heteroatoms. The van der Waals surface area contributed by atoms with Crippen molar-refractivity contribution in [3.63, 3.8) is 0 Å². The van der Waals surface area contributed by atoms with Crippen LogP contribution in [0.5, 0.6) is 0 Å². The monoisotopic (exact) mass is 114 g/mol. The maximum absolute atomic E-state index is 9.06. The zero-order valence-corrected chi connectivity index (χ0v) is 5.09. The Balaban J connectivity index is 2.58. The van der Waals surface area contributed by atoms with Gasteiger partial charge < -0.3 is 9.84 Å². The molecule has 0 fully saturated rings. The molecule has 1 rings (SSSR count). The minimum absolute atomic E-state index is 0.0602. The molecule has 1 aliphatic rings. The normalized spacial score (nSPS) is 45.6. The van der Waals surface area contributed by atoms with E-state index in [1.165, 1.54) is 0 Å². The molecule has 2 atom stereocenters. The average molecular weight is 114 g/mol. The van der Waals surface area contributed by atoms with Gasteiger partial charge in [0.05, 0.1) is 6.10 Å². The van der Waals surface area contributed by atoms with E-state index in [-0.39, 0.29) is 6.10 Å². The number of aliphatic hydroxyl groups is 1. The molecule has 0 unspecified atom stereocenters. The third-order valence-corrected chi connectivity index (χ3v) is 1.10. The van der Waals surface area contributed by atoms with Crippen LogP contribution < -0.4 is 0 Å². The highest BCUT2D eigenvalue weighted by Gasteiger charge is 2.24. The van der Waals surface area contributed by atoms with Gasteiger partial charge in [-0.15, -0.1) is 0 Å². The van der Waals surface area contributed by atoms with Gasteiger partial charge in [-0.05, 0) is 19.9 Å². The Labute approximate surface area is 48.8 Å². The summed E-state index contributed by atoms with van der Waals surface area (Å²) in [6.45, 7) is 3.50. The molecular weight excluding hydrogens is 104 g/mol. The molecule has 0 aromatic heterocycles. The Kier molecular flexibility index (Phi) is 1.14. The van der Waals surface area contributed by atoms with Crippen molar-refractivity contribution in [1.29, 1.82) is 0 Å². The lowest BCUT2D eigenvalue weighted by atomic mass is 10.3. The quantitative estimate of drug-likeness (QED) is 0.469. The van der Waals surface area contributed by atoms with Crippen molar-refractivity contribution in [3.8, 4) is 0 Å². The molecule has 1 N–H and O–H groups in total. The molecule has 0 aliphatic carbocycles. The molecule has 1 aliphatic heterocycles. The van der Waals surface area contributed by atoms with Crippen molar-refractivity contribution < 1.29 is 9.84 Å². The van der Waals surface area contributed by atoms with Gasteiger partial charge in [0.15, 0.2) is 5.79 Å². The smallest absolute Gasteiger partial charge is 0.183 e. The van der Waals surface area contributed by atoms with Crippen molar-refractivity contribution in [3.05, 3.63) is 12.2 Å². The van der Waals surface area contributed by atoms with Crippen LogP contribution in [0.1, 0.15) is 13.8 Å². The molecule has 0 saturated heterocycles. The summed E-state index contributed by atoms with van der Waals surface area (Å²) in [6, 6.07) is 0. The van der Waals surface area contributed by atoms with E-state index in [4.69, 9.17) is 9.84 Å². The van der Waals surface area contributed by atoms with Crippen molar-refractivity contribution in [2.45, 2.75) is 25.7 Å². The van der Waals surface area contributed by atoms with Crippen LogP contribution in [0.4, 0.5) is 0 Å². The summed E-state index contributed by atoms with van der Waals surface area (Å²) in [6.07, 6.45) is 3.54. The maximum Gasteiger partial charge on any atom is 0.183 e.